The number of aromatic amines is 1. The van der Waals surface area contributed by atoms with E-state index in [-0.39, 0.29) is 35.5 Å². The maximum atomic E-state index is 10.6. The Morgan fingerprint density at radius 1 is 1.62 bits per heavy atom. The van der Waals surface area contributed by atoms with Crippen LogP contribution in [0.4, 0.5) is 0 Å². The van der Waals surface area contributed by atoms with Gasteiger partial charge in [0.1, 0.15) is 12.2 Å². The largest absolute Gasteiger partial charge is 1.00 e. The topological polar surface area (TPSA) is 81.7 Å². The second-order valence-electron chi connectivity index (χ2n) is 2.91. The third-order valence-electron chi connectivity index (χ3n) is 1.65. The number of rotatable bonds is 3. The van der Waals surface area contributed by atoms with Gasteiger partial charge in [-0.1, -0.05) is 13.8 Å². The number of nitrogens with one attached hydrogen (secondary N) is 1. The molecule has 1 N–H and O–H groups in total. The second kappa shape index (κ2) is 5.36. The van der Waals surface area contributed by atoms with Crippen LogP contribution in [-0.4, -0.2) is 21.2 Å². The van der Waals surface area contributed by atoms with Crippen LogP contribution in [-0.2, 0) is 4.79 Å². The van der Waals surface area contributed by atoms with Gasteiger partial charge in [0.25, 0.3) is 0 Å². The molecule has 0 fully saturated rings. The first-order chi connectivity index (χ1) is 5.63. The summed E-state index contributed by atoms with van der Waals surface area (Å²) in [5.41, 5.74) is 0. The third kappa shape index (κ3) is 3.10. The number of hydrogen-bond donors (Lipinski definition) is 1. The van der Waals surface area contributed by atoms with E-state index in [2.05, 4.69) is 15.2 Å². The molecule has 0 aliphatic heterocycles. The van der Waals surface area contributed by atoms with Crippen LogP contribution in [0.1, 0.15) is 25.6 Å². The Balaban J connectivity index is 0.00000144. The number of H-pyrrole nitrogens is 1. The standard InChI is InChI=1S/C7H11N3O2.Na/c1-4(2)5(7(11)12)6-8-3-9-10-6;/h3-5H,1-2H3,(H,11,12)(H,8,9,10);/q;+1/p-1. The van der Waals surface area contributed by atoms with Crippen LogP contribution >= 0.6 is 0 Å². The molecule has 0 bridgehead atoms. The van der Waals surface area contributed by atoms with Gasteiger partial charge < -0.3 is 9.90 Å². The quantitative estimate of drug-likeness (QED) is 0.498. The van der Waals surface area contributed by atoms with Gasteiger partial charge in [0, 0.05) is 0 Å². The Kier molecular flexibility index (Phi) is 5.20. The van der Waals surface area contributed by atoms with Gasteiger partial charge >= 0.3 is 29.6 Å². The maximum absolute atomic E-state index is 10.6. The zero-order chi connectivity index (χ0) is 9.14. The van der Waals surface area contributed by atoms with Crippen LogP contribution < -0.4 is 34.7 Å². The van der Waals surface area contributed by atoms with Gasteiger partial charge in [0.05, 0.1) is 11.9 Å². The number of carboxylic acids is 1. The summed E-state index contributed by atoms with van der Waals surface area (Å²) in [6.45, 7) is 3.59. The molecule has 1 heterocycles. The van der Waals surface area contributed by atoms with Crippen molar-refractivity contribution in [2.24, 2.45) is 5.92 Å². The molecule has 66 valence electrons. The Morgan fingerprint density at radius 3 is 2.54 bits per heavy atom. The summed E-state index contributed by atoms with van der Waals surface area (Å²) in [6.07, 6.45) is 1.29. The molecule has 0 spiro atoms. The molecule has 1 unspecified atom stereocenters. The second-order valence-corrected chi connectivity index (χ2v) is 2.91. The van der Waals surface area contributed by atoms with Gasteiger partial charge in [-0.3, -0.25) is 5.10 Å². The van der Waals surface area contributed by atoms with Crippen molar-refractivity contribution >= 4 is 5.97 Å². The van der Waals surface area contributed by atoms with E-state index in [9.17, 15) is 9.90 Å². The Morgan fingerprint density at radius 2 is 2.23 bits per heavy atom. The van der Waals surface area contributed by atoms with Crippen LogP contribution in [0.25, 0.3) is 0 Å². The summed E-state index contributed by atoms with van der Waals surface area (Å²) < 4.78 is 0. The summed E-state index contributed by atoms with van der Waals surface area (Å²) in [7, 11) is 0. The summed E-state index contributed by atoms with van der Waals surface area (Å²) in [6, 6.07) is 0. The number of nitrogens with zero attached hydrogens (tertiary/aromatic N) is 2. The van der Waals surface area contributed by atoms with Gasteiger partial charge in [-0.15, -0.1) is 0 Å². The van der Waals surface area contributed by atoms with Crippen LogP contribution in [0, 0.1) is 5.92 Å². The predicted octanol–water partition coefficient (Wildman–Crippen LogP) is -3.70. The minimum absolute atomic E-state index is 0. The van der Waals surface area contributed by atoms with Crippen LogP contribution in [0.5, 0.6) is 0 Å². The summed E-state index contributed by atoms with van der Waals surface area (Å²) >= 11 is 0. The van der Waals surface area contributed by atoms with Gasteiger partial charge in [-0.2, -0.15) is 5.10 Å². The fraction of sp³-hybridized carbons (Fsp3) is 0.571. The average Bonchev–Trinajstić information content (AvgIpc) is 2.37. The Labute approximate surface area is 98.2 Å². The molecule has 5 nitrogen and oxygen atoms in total. The molecule has 0 saturated carbocycles. The summed E-state index contributed by atoms with van der Waals surface area (Å²) in [5, 5.41) is 16.7. The number of hydrogen-bond acceptors (Lipinski definition) is 4. The molecule has 0 amide bonds. The molecule has 0 radical (unpaired) electrons. The predicted molar refractivity (Wildman–Crippen MR) is 39.0 cm³/mol. The first kappa shape index (κ1) is 12.6. The molecule has 13 heavy (non-hydrogen) atoms. The van der Waals surface area contributed by atoms with E-state index in [1.807, 2.05) is 0 Å². The molecule has 1 atom stereocenters. The number of carbonyl (C=O) groups is 1. The van der Waals surface area contributed by atoms with Gasteiger partial charge in [-0.05, 0) is 5.92 Å². The molecule has 0 aromatic carbocycles. The van der Waals surface area contributed by atoms with E-state index >= 15 is 0 Å². The Bertz CT molecular complexity index is 261. The van der Waals surface area contributed by atoms with Crippen molar-refractivity contribution in [3.05, 3.63) is 12.2 Å². The number of aliphatic carboxylic acids is 1. The number of carbonyl (C=O) groups excluding carboxylic acids is 1. The molecule has 6 heteroatoms. The zero-order valence-corrected chi connectivity index (χ0v) is 9.94. The average molecular weight is 191 g/mol. The van der Waals surface area contributed by atoms with E-state index in [0.29, 0.717) is 5.82 Å². The normalized spacial score (nSPS) is 12.2. The van der Waals surface area contributed by atoms with Crippen LogP contribution in [0.3, 0.4) is 0 Å². The van der Waals surface area contributed by atoms with Crippen molar-refractivity contribution in [2.75, 3.05) is 0 Å². The molecular formula is C7H10N3NaO2. The molecular weight excluding hydrogens is 181 g/mol. The molecule has 1 rings (SSSR count). The van der Waals surface area contributed by atoms with Crippen molar-refractivity contribution in [3.63, 3.8) is 0 Å². The minimum atomic E-state index is -1.12. The minimum Gasteiger partial charge on any atom is -0.549 e. The number of carboxylic acid groups (broad SMARTS) is 1. The third-order valence-corrected chi connectivity index (χ3v) is 1.65. The molecule has 1 aromatic heterocycles. The monoisotopic (exact) mass is 191 g/mol. The summed E-state index contributed by atoms with van der Waals surface area (Å²) in [4.78, 5) is 14.4. The van der Waals surface area contributed by atoms with E-state index in [4.69, 9.17) is 0 Å². The molecule has 0 aliphatic carbocycles. The Hall–Kier alpha value is -0.390. The van der Waals surface area contributed by atoms with Crippen LogP contribution in [0.15, 0.2) is 6.33 Å². The van der Waals surface area contributed by atoms with Gasteiger partial charge in [0.2, 0.25) is 0 Å². The maximum Gasteiger partial charge on any atom is 1.00 e. The zero-order valence-electron chi connectivity index (χ0n) is 7.94. The number of aromatic nitrogens is 3. The fourth-order valence-electron chi connectivity index (χ4n) is 1.06. The van der Waals surface area contributed by atoms with E-state index in [0.717, 1.165) is 0 Å². The first-order valence-electron chi connectivity index (χ1n) is 3.69. The van der Waals surface area contributed by atoms with Gasteiger partial charge in [0.15, 0.2) is 0 Å². The summed E-state index contributed by atoms with van der Waals surface area (Å²) in [5.74, 6) is -1.53. The van der Waals surface area contributed by atoms with E-state index < -0.39 is 11.9 Å². The molecule has 1 aromatic rings. The van der Waals surface area contributed by atoms with Gasteiger partial charge in [-0.25, -0.2) is 4.98 Å². The first-order valence-corrected chi connectivity index (χ1v) is 3.69. The molecule has 0 aliphatic rings. The van der Waals surface area contributed by atoms with E-state index in [1.54, 1.807) is 13.8 Å². The SMILES string of the molecule is CC(C)C(C(=O)[O-])c1ncn[nH]1.[Na+]. The molecule has 0 saturated heterocycles. The van der Waals surface area contributed by atoms with Crippen molar-refractivity contribution in [3.8, 4) is 0 Å². The van der Waals surface area contributed by atoms with Crippen molar-refractivity contribution in [1.82, 2.24) is 15.2 Å². The van der Waals surface area contributed by atoms with Crippen molar-refractivity contribution in [1.29, 1.82) is 0 Å². The van der Waals surface area contributed by atoms with Crippen molar-refractivity contribution < 1.29 is 39.5 Å². The van der Waals surface area contributed by atoms with E-state index in [1.165, 1.54) is 6.33 Å². The fourth-order valence-corrected chi connectivity index (χ4v) is 1.06. The van der Waals surface area contributed by atoms with Crippen molar-refractivity contribution in [2.45, 2.75) is 19.8 Å². The van der Waals surface area contributed by atoms with Crippen LogP contribution in [0.2, 0.25) is 0 Å². The smallest absolute Gasteiger partial charge is 0.549 e.